The third-order valence-corrected chi connectivity index (χ3v) is 6.87. The van der Waals surface area contributed by atoms with Crippen molar-refractivity contribution in [3.63, 3.8) is 0 Å². The Morgan fingerprint density at radius 2 is 1.29 bits per heavy atom. The molecule has 0 atom stereocenters. The first-order valence-corrected chi connectivity index (χ1v) is 10.4. The molecule has 0 spiro atoms. The maximum atomic E-state index is 5.72. The van der Waals surface area contributed by atoms with E-state index >= 15 is 0 Å². The van der Waals surface area contributed by atoms with Crippen molar-refractivity contribution >= 4 is 57.1 Å². The zero-order valence-electron chi connectivity index (χ0n) is 9.83. The fourth-order valence-electron chi connectivity index (χ4n) is 0.893. The molecule has 104 valence electrons. The van der Waals surface area contributed by atoms with Gasteiger partial charge in [0.1, 0.15) is 0 Å². The van der Waals surface area contributed by atoms with Gasteiger partial charge in [-0.05, 0) is 0 Å². The molecular formula is C8H20O4S4Si. The molecule has 4 nitrogen and oxygen atoms in total. The van der Waals surface area contributed by atoms with Crippen LogP contribution in [0.2, 0.25) is 0 Å². The lowest BCUT2D eigenvalue weighted by Crippen LogP contribution is -2.45. The van der Waals surface area contributed by atoms with E-state index in [0.717, 1.165) is 0 Å². The molecule has 9 heteroatoms. The molecule has 0 aliphatic rings. The van der Waals surface area contributed by atoms with Crippen molar-refractivity contribution in [3.8, 4) is 0 Å². The summed E-state index contributed by atoms with van der Waals surface area (Å²) in [5.41, 5.74) is 0. The van der Waals surface area contributed by atoms with Gasteiger partial charge in [0, 0.05) is 44.2 Å². The fourth-order valence-corrected chi connectivity index (χ4v) is 5.79. The van der Waals surface area contributed by atoms with Crippen LogP contribution in [-0.4, -0.2) is 58.1 Å². The quantitative estimate of drug-likeness (QED) is 0.287. The van der Waals surface area contributed by atoms with Crippen molar-refractivity contribution < 1.29 is 18.0 Å². The largest absolute Gasteiger partial charge is 0.575 e. The van der Waals surface area contributed by atoms with Crippen molar-refractivity contribution in [2.75, 3.05) is 50.1 Å². The van der Waals surface area contributed by atoms with E-state index in [9.17, 15) is 0 Å². The summed E-state index contributed by atoms with van der Waals surface area (Å²) in [5, 5.41) is 0. The van der Waals surface area contributed by atoms with Crippen molar-refractivity contribution in [2.24, 2.45) is 0 Å². The van der Waals surface area contributed by atoms with Crippen LogP contribution >= 0.6 is 49.1 Å². The van der Waals surface area contributed by atoms with Crippen LogP contribution in [0.25, 0.3) is 0 Å². The number of thiol groups is 3. The third-order valence-electron chi connectivity index (χ3n) is 1.46. The summed E-state index contributed by atoms with van der Waals surface area (Å²) >= 11 is 13.8. The number of hydrogen-bond donors (Lipinski definition) is 3. The van der Waals surface area contributed by atoms with E-state index in [1.165, 1.54) is 11.2 Å². The molecule has 17 heavy (non-hydrogen) atoms. The summed E-state index contributed by atoms with van der Waals surface area (Å²) in [6, 6.07) is 0. The molecule has 0 aliphatic heterocycles. The highest BCUT2D eigenvalue weighted by molar-refractivity contribution is 8.26. The van der Waals surface area contributed by atoms with Crippen molar-refractivity contribution in [3.05, 3.63) is 0 Å². The molecule has 0 aromatic carbocycles. The SMILES string of the molecule is COCS[Si](OCCS)(OCCS)OCCS. The van der Waals surface area contributed by atoms with Crippen LogP contribution in [0.4, 0.5) is 0 Å². The van der Waals surface area contributed by atoms with Gasteiger partial charge in [-0.2, -0.15) is 37.9 Å². The molecule has 0 N–H and O–H groups in total. The Bertz CT molecular complexity index is 140. The van der Waals surface area contributed by atoms with Crippen LogP contribution in [0.3, 0.4) is 0 Å². The maximum absolute atomic E-state index is 5.72. The van der Waals surface area contributed by atoms with Gasteiger partial charge in [0.05, 0.1) is 5.94 Å². The minimum Gasteiger partial charge on any atom is -0.374 e. The maximum Gasteiger partial charge on any atom is 0.575 e. The predicted molar refractivity (Wildman–Crippen MR) is 84.6 cm³/mol. The minimum atomic E-state index is -2.73. The Morgan fingerprint density at radius 1 is 0.882 bits per heavy atom. The zero-order chi connectivity index (χ0) is 13.0. The fraction of sp³-hybridized carbons (Fsp3) is 1.00. The van der Waals surface area contributed by atoms with Gasteiger partial charge in [0.25, 0.3) is 0 Å². The van der Waals surface area contributed by atoms with E-state index in [1.807, 2.05) is 0 Å². The monoisotopic (exact) mass is 336 g/mol. The smallest absolute Gasteiger partial charge is 0.374 e. The molecule has 0 heterocycles. The molecule has 0 amide bonds. The molecule has 0 rings (SSSR count). The van der Waals surface area contributed by atoms with Crippen molar-refractivity contribution in [1.29, 1.82) is 0 Å². The molecule has 0 unspecified atom stereocenters. The number of hydrogen-bond acceptors (Lipinski definition) is 8. The van der Waals surface area contributed by atoms with Crippen LogP contribution in [0, 0.1) is 0 Å². The first kappa shape index (κ1) is 18.5. The average molecular weight is 337 g/mol. The van der Waals surface area contributed by atoms with Gasteiger partial charge in [-0.3, -0.25) is 0 Å². The van der Waals surface area contributed by atoms with Crippen LogP contribution in [0.15, 0.2) is 0 Å². The van der Waals surface area contributed by atoms with Gasteiger partial charge in [-0.15, -0.1) is 0 Å². The number of methoxy groups -OCH3 is 1. The minimum absolute atomic E-state index is 0.470. The van der Waals surface area contributed by atoms with Crippen molar-refractivity contribution in [2.45, 2.75) is 0 Å². The average Bonchev–Trinajstić information content (AvgIpc) is 2.37. The summed E-state index contributed by atoms with van der Waals surface area (Å²) in [6.07, 6.45) is 0. The van der Waals surface area contributed by atoms with Crippen LogP contribution in [-0.2, 0) is 18.0 Å². The topological polar surface area (TPSA) is 36.9 Å². The molecule has 0 radical (unpaired) electrons. The van der Waals surface area contributed by atoms with Crippen molar-refractivity contribution in [1.82, 2.24) is 0 Å². The van der Waals surface area contributed by atoms with Gasteiger partial charge >= 0.3 is 7.95 Å². The second kappa shape index (κ2) is 12.5. The third kappa shape index (κ3) is 9.06. The van der Waals surface area contributed by atoms with Gasteiger partial charge in [-0.25, -0.2) is 0 Å². The van der Waals surface area contributed by atoms with E-state index in [-0.39, 0.29) is 0 Å². The van der Waals surface area contributed by atoms with Crippen LogP contribution < -0.4 is 0 Å². The standard InChI is InChI=1S/C8H20O4S4Si/c1-9-8-16-17(10-2-5-13,11-3-6-14)12-4-7-15/h13-15H,2-8H2,1H3. The Kier molecular flexibility index (Phi) is 13.6. The van der Waals surface area contributed by atoms with Gasteiger partial charge in [0.2, 0.25) is 0 Å². The molecule has 0 aromatic rings. The first-order chi connectivity index (χ1) is 8.24. The molecule has 0 fully saturated rings. The zero-order valence-corrected chi connectivity index (χ0v) is 14.3. The van der Waals surface area contributed by atoms with Crippen LogP contribution in [0.5, 0.6) is 0 Å². The highest BCUT2D eigenvalue weighted by Crippen LogP contribution is 2.25. The number of rotatable bonds is 12. The van der Waals surface area contributed by atoms with E-state index in [4.69, 9.17) is 18.0 Å². The lowest BCUT2D eigenvalue weighted by molar-refractivity contribution is 0.0986. The second-order valence-corrected chi connectivity index (χ2v) is 8.87. The number of ether oxygens (including phenoxy) is 1. The summed E-state index contributed by atoms with van der Waals surface area (Å²) in [4.78, 5) is 0. The van der Waals surface area contributed by atoms with E-state index in [0.29, 0.717) is 43.0 Å². The Morgan fingerprint density at radius 3 is 1.59 bits per heavy atom. The second-order valence-electron chi connectivity index (χ2n) is 2.77. The Labute approximate surface area is 125 Å². The molecule has 0 saturated heterocycles. The summed E-state index contributed by atoms with van der Waals surface area (Å²) in [5.74, 6) is 2.34. The summed E-state index contributed by atoms with van der Waals surface area (Å²) in [7, 11) is -1.11. The summed E-state index contributed by atoms with van der Waals surface area (Å²) in [6.45, 7) is 1.47. The Balaban J connectivity index is 4.39. The van der Waals surface area contributed by atoms with E-state index in [1.54, 1.807) is 7.11 Å². The highest BCUT2D eigenvalue weighted by Gasteiger charge is 2.42. The molecule has 0 saturated carbocycles. The van der Waals surface area contributed by atoms with Gasteiger partial charge in [0.15, 0.2) is 0 Å². The lowest BCUT2D eigenvalue weighted by Gasteiger charge is -2.27. The van der Waals surface area contributed by atoms with E-state index in [2.05, 4.69) is 37.9 Å². The van der Waals surface area contributed by atoms with E-state index < -0.39 is 7.95 Å². The normalized spacial score (nSPS) is 12.0. The first-order valence-electron chi connectivity index (χ1n) is 5.12. The van der Waals surface area contributed by atoms with Gasteiger partial charge in [-0.1, -0.05) is 11.2 Å². The molecule has 0 bridgehead atoms. The highest BCUT2D eigenvalue weighted by atomic mass is 32.4. The predicted octanol–water partition coefficient (Wildman–Crippen LogP) is 1.60. The molecule has 0 aromatic heterocycles. The molecular weight excluding hydrogens is 316 g/mol. The van der Waals surface area contributed by atoms with Crippen LogP contribution in [0.1, 0.15) is 0 Å². The Hall–Kier alpha value is 1.46. The molecule has 0 aliphatic carbocycles. The van der Waals surface area contributed by atoms with Gasteiger partial charge < -0.3 is 18.0 Å². The summed E-state index contributed by atoms with van der Waals surface area (Å²) < 4.78 is 22.2. The lowest BCUT2D eigenvalue weighted by atomic mass is 10.9.